The SMILES string of the molecule is C=CC(=C)C1(C)C(F)=C(F)c2c(F)c(=C(C#N)C#N)c(F)c(F)c2=C1F. The summed E-state index contributed by atoms with van der Waals surface area (Å²) in [6.45, 7) is 7.34. The Labute approximate surface area is 143 Å². The highest BCUT2D eigenvalue weighted by atomic mass is 19.2. The highest BCUT2D eigenvalue weighted by molar-refractivity contribution is 5.79. The van der Waals surface area contributed by atoms with Gasteiger partial charge in [0.1, 0.15) is 29.4 Å². The average molecular weight is 366 g/mol. The average Bonchev–Trinajstić information content (AvgIpc) is 2.63. The van der Waals surface area contributed by atoms with Gasteiger partial charge in [-0.1, -0.05) is 19.2 Å². The Bertz CT molecular complexity index is 1100. The van der Waals surface area contributed by atoms with Gasteiger partial charge in [-0.25, -0.2) is 26.3 Å². The largest absolute Gasteiger partial charge is 0.210 e. The normalized spacial score (nSPS) is 18.7. The summed E-state index contributed by atoms with van der Waals surface area (Å²) in [4.78, 5) is 0. The summed E-state index contributed by atoms with van der Waals surface area (Å²) < 4.78 is 87.1. The minimum atomic E-state index is -2.56. The molecule has 0 amide bonds. The second kappa shape index (κ2) is 6.23. The number of rotatable bonds is 2. The molecule has 0 saturated carbocycles. The van der Waals surface area contributed by atoms with Crippen LogP contribution in [-0.2, 0) is 0 Å². The maximum Gasteiger partial charge on any atom is 0.171 e. The molecular formula is C18H8F6N2. The van der Waals surface area contributed by atoms with E-state index in [0.717, 1.165) is 25.1 Å². The van der Waals surface area contributed by atoms with E-state index in [4.69, 9.17) is 10.5 Å². The molecule has 2 rings (SSSR count). The molecular weight excluding hydrogens is 358 g/mol. The molecule has 1 aromatic carbocycles. The van der Waals surface area contributed by atoms with Crippen molar-refractivity contribution < 1.29 is 26.3 Å². The summed E-state index contributed by atoms with van der Waals surface area (Å²) in [6.07, 6.45) is 0.883. The molecule has 1 unspecified atom stereocenters. The summed E-state index contributed by atoms with van der Waals surface area (Å²) in [5.74, 6) is -11.7. The molecule has 2 nitrogen and oxygen atoms in total. The van der Waals surface area contributed by atoms with Gasteiger partial charge >= 0.3 is 0 Å². The Morgan fingerprint density at radius 1 is 0.962 bits per heavy atom. The number of benzene rings is 1. The zero-order valence-corrected chi connectivity index (χ0v) is 13.2. The van der Waals surface area contributed by atoms with Crippen LogP contribution in [0.4, 0.5) is 26.3 Å². The van der Waals surface area contributed by atoms with Crippen LogP contribution in [0.3, 0.4) is 0 Å². The number of allylic oxidation sites excluding steroid dienone is 3. The second-order valence-corrected chi connectivity index (χ2v) is 5.46. The Balaban J connectivity index is 3.30. The first-order valence-electron chi connectivity index (χ1n) is 6.88. The van der Waals surface area contributed by atoms with Gasteiger partial charge in [0.15, 0.2) is 23.3 Å². The first-order chi connectivity index (χ1) is 12.1. The third kappa shape index (κ3) is 2.19. The van der Waals surface area contributed by atoms with Crippen molar-refractivity contribution in [2.75, 3.05) is 0 Å². The van der Waals surface area contributed by atoms with Crippen molar-refractivity contribution in [1.29, 1.82) is 10.5 Å². The molecule has 0 heterocycles. The predicted octanol–water partition coefficient (Wildman–Crippen LogP) is 3.75. The van der Waals surface area contributed by atoms with Gasteiger partial charge in [0.05, 0.1) is 21.4 Å². The summed E-state index contributed by atoms with van der Waals surface area (Å²) in [7, 11) is 0. The van der Waals surface area contributed by atoms with E-state index in [1.54, 1.807) is 0 Å². The van der Waals surface area contributed by atoms with Gasteiger partial charge in [0.2, 0.25) is 0 Å². The monoisotopic (exact) mass is 366 g/mol. The van der Waals surface area contributed by atoms with E-state index in [-0.39, 0.29) is 0 Å². The Morgan fingerprint density at radius 2 is 1.50 bits per heavy atom. The van der Waals surface area contributed by atoms with Crippen molar-refractivity contribution in [1.82, 2.24) is 0 Å². The maximum absolute atomic E-state index is 14.9. The summed E-state index contributed by atoms with van der Waals surface area (Å²) in [5.41, 5.74) is -5.75. The topological polar surface area (TPSA) is 47.6 Å². The van der Waals surface area contributed by atoms with Crippen molar-refractivity contribution in [2.24, 2.45) is 5.41 Å². The third-order valence-corrected chi connectivity index (χ3v) is 4.19. The minimum Gasteiger partial charge on any atom is -0.210 e. The fourth-order valence-electron chi connectivity index (χ4n) is 2.59. The van der Waals surface area contributed by atoms with Crippen LogP contribution in [-0.4, -0.2) is 0 Å². The van der Waals surface area contributed by atoms with Crippen molar-refractivity contribution >= 4 is 17.2 Å². The molecule has 1 atom stereocenters. The number of fused-ring (bicyclic) bond motifs is 1. The molecule has 0 aromatic heterocycles. The van der Waals surface area contributed by atoms with Gasteiger partial charge in [-0.2, -0.15) is 10.5 Å². The van der Waals surface area contributed by atoms with Crippen LogP contribution < -0.4 is 10.4 Å². The molecule has 0 saturated heterocycles. The van der Waals surface area contributed by atoms with Gasteiger partial charge < -0.3 is 0 Å². The molecule has 0 spiro atoms. The van der Waals surface area contributed by atoms with Crippen molar-refractivity contribution in [2.45, 2.75) is 6.92 Å². The predicted molar refractivity (Wildman–Crippen MR) is 81.3 cm³/mol. The molecule has 0 N–H and O–H groups in total. The van der Waals surface area contributed by atoms with E-state index < -0.39 is 67.5 Å². The Morgan fingerprint density at radius 3 is 1.96 bits per heavy atom. The maximum atomic E-state index is 14.9. The van der Waals surface area contributed by atoms with E-state index in [9.17, 15) is 26.3 Å². The highest BCUT2D eigenvalue weighted by Crippen LogP contribution is 2.49. The standard InChI is InChI=1S/C18H8F6N2/c1-4-7(2)18(3)16(23)11-10(15(22)17(18)24)12(19)9(8(5-25)6-26)13(20)14(11)21/h4H,1-2H2,3H3. The van der Waals surface area contributed by atoms with Crippen LogP contribution in [0.25, 0.3) is 17.2 Å². The highest BCUT2D eigenvalue weighted by Gasteiger charge is 2.45. The molecule has 1 aliphatic carbocycles. The van der Waals surface area contributed by atoms with Crippen LogP contribution in [0.5, 0.6) is 0 Å². The van der Waals surface area contributed by atoms with Crippen LogP contribution in [0.2, 0.25) is 0 Å². The summed E-state index contributed by atoms with van der Waals surface area (Å²) >= 11 is 0. The minimum absolute atomic E-state index is 0.418. The third-order valence-electron chi connectivity index (χ3n) is 4.19. The number of hydrogen-bond acceptors (Lipinski definition) is 2. The molecule has 132 valence electrons. The molecule has 0 aliphatic heterocycles. The van der Waals surface area contributed by atoms with Gasteiger partial charge in [0, 0.05) is 0 Å². The van der Waals surface area contributed by atoms with Crippen LogP contribution in [0, 0.1) is 45.5 Å². The van der Waals surface area contributed by atoms with E-state index in [2.05, 4.69) is 13.2 Å². The van der Waals surface area contributed by atoms with Crippen molar-refractivity contribution in [3.63, 3.8) is 0 Å². The van der Waals surface area contributed by atoms with E-state index in [1.807, 2.05) is 0 Å². The molecule has 0 bridgehead atoms. The fraction of sp³-hybridized carbons (Fsp3) is 0.111. The molecule has 1 aromatic rings. The Hall–Kier alpha value is -3.26. The Kier molecular flexibility index (Phi) is 4.57. The van der Waals surface area contributed by atoms with Crippen LogP contribution in [0.15, 0.2) is 30.6 Å². The van der Waals surface area contributed by atoms with E-state index in [1.165, 1.54) is 0 Å². The van der Waals surface area contributed by atoms with Crippen molar-refractivity contribution in [3.8, 4) is 12.1 Å². The lowest BCUT2D eigenvalue weighted by molar-refractivity contribution is 0.398. The second-order valence-electron chi connectivity index (χ2n) is 5.46. The van der Waals surface area contributed by atoms with E-state index in [0.29, 0.717) is 0 Å². The first-order valence-corrected chi connectivity index (χ1v) is 6.88. The van der Waals surface area contributed by atoms with Crippen molar-refractivity contribution in [3.05, 3.63) is 64.1 Å². The zero-order valence-electron chi connectivity index (χ0n) is 13.2. The number of nitriles is 2. The summed E-state index contributed by atoms with van der Waals surface area (Å²) in [5, 5.41) is 14.5. The molecule has 26 heavy (non-hydrogen) atoms. The first kappa shape index (κ1) is 19.1. The number of halogens is 6. The van der Waals surface area contributed by atoms with E-state index >= 15 is 0 Å². The van der Waals surface area contributed by atoms with Gasteiger partial charge in [-0.3, -0.25) is 0 Å². The number of nitrogens with zero attached hydrogens (tertiary/aromatic N) is 2. The molecule has 8 heteroatoms. The zero-order chi connectivity index (χ0) is 20.0. The molecule has 0 fully saturated rings. The fourth-order valence-corrected chi connectivity index (χ4v) is 2.59. The van der Waals surface area contributed by atoms with Crippen LogP contribution in [0.1, 0.15) is 12.5 Å². The lowest BCUT2D eigenvalue weighted by Gasteiger charge is -2.31. The number of hydrogen-bond donors (Lipinski definition) is 0. The lowest BCUT2D eigenvalue weighted by atomic mass is 9.75. The van der Waals surface area contributed by atoms with Gasteiger partial charge in [-0.05, 0) is 12.5 Å². The van der Waals surface area contributed by atoms with Gasteiger partial charge in [-0.15, -0.1) is 0 Å². The summed E-state index contributed by atoms with van der Waals surface area (Å²) in [6, 6.07) is 2.23. The molecule has 1 aliphatic rings. The molecule has 0 radical (unpaired) electrons. The van der Waals surface area contributed by atoms with Gasteiger partial charge in [0.25, 0.3) is 0 Å². The smallest absolute Gasteiger partial charge is 0.171 e. The van der Waals surface area contributed by atoms with Crippen LogP contribution >= 0.6 is 0 Å². The lowest BCUT2D eigenvalue weighted by Crippen LogP contribution is -2.37. The quantitative estimate of drug-likeness (QED) is 0.455.